The molecule has 1 heterocycles. The first-order valence-electron chi connectivity index (χ1n) is 5.05. The molecule has 0 aliphatic heterocycles. The number of carbonyl (C=O) groups is 1. The molecule has 1 aromatic heterocycles. The maximum atomic E-state index is 11.7. The second-order valence-corrected chi connectivity index (χ2v) is 3.63. The van der Waals surface area contributed by atoms with Crippen molar-refractivity contribution in [3.05, 3.63) is 53.5 Å². The zero-order valence-electron chi connectivity index (χ0n) is 9.23. The fraction of sp³-hybridized carbons (Fsp3) is 0.0769. The summed E-state index contributed by atoms with van der Waals surface area (Å²) in [5, 5.41) is 11.3. The number of anilines is 1. The Bertz CT molecular complexity index is 576. The van der Waals surface area contributed by atoms with Crippen LogP contribution in [0.3, 0.4) is 0 Å². The first-order valence-corrected chi connectivity index (χ1v) is 5.05. The smallest absolute Gasteiger partial charge is 0.291 e. The van der Waals surface area contributed by atoms with Crippen LogP contribution in [0, 0.1) is 18.3 Å². The zero-order chi connectivity index (χ0) is 12.3. The molecule has 0 spiro atoms. The standard InChI is InChI=1S/C13H10N2O2/c1-9-6-12(17-8-9)13(16)15-11-4-2-10(7-14)3-5-11/h2-6,8H,1H3,(H,15,16). The highest BCUT2D eigenvalue weighted by atomic mass is 16.3. The summed E-state index contributed by atoms with van der Waals surface area (Å²) < 4.78 is 5.08. The van der Waals surface area contributed by atoms with Gasteiger partial charge in [-0.05, 0) is 42.8 Å². The Morgan fingerprint density at radius 2 is 2.06 bits per heavy atom. The predicted octanol–water partition coefficient (Wildman–Crippen LogP) is 2.71. The highest BCUT2D eigenvalue weighted by molar-refractivity contribution is 6.02. The number of aryl methyl sites for hydroxylation is 1. The summed E-state index contributed by atoms with van der Waals surface area (Å²) in [6.45, 7) is 1.85. The van der Waals surface area contributed by atoms with E-state index in [-0.39, 0.29) is 11.7 Å². The number of hydrogen-bond acceptors (Lipinski definition) is 3. The summed E-state index contributed by atoms with van der Waals surface area (Å²) in [5.74, 6) is -0.0327. The van der Waals surface area contributed by atoms with Crippen molar-refractivity contribution in [2.24, 2.45) is 0 Å². The van der Waals surface area contributed by atoms with Crippen molar-refractivity contribution in [3.8, 4) is 6.07 Å². The fourth-order valence-corrected chi connectivity index (χ4v) is 1.37. The van der Waals surface area contributed by atoms with Crippen LogP contribution in [0.2, 0.25) is 0 Å². The lowest BCUT2D eigenvalue weighted by Gasteiger charge is -2.02. The monoisotopic (exact) mass is 226 g/mol. The van der Waals surface area contributed by atoms with Crippen molar-refractivity contribution in [1.82, 2.24) is 0 Å². The molecular formula is C13H10N2O2. The molecule has 0 aliphatic rings. The van der Waals surface area contributed by atoms with Gasteiger partial charge in [0.15, 0.2) is 5.76 Å². The first kappa shape index (κ1) is 11.0. The number of nitrogens with zero attached hydrogens (tertiary/aromatic N) is 1. The molecule has 2 rings (SSSR count). The molecule has 1 amide bonds. The molecule has 0 bridgehead atoms. The Hall–Kier alpha value is -2.54. The largest absolute Gasteiger partial charge is 0.459 e. The summed E-state index contributed by atoms with van der Waals surface area (Å²) in [6, 6.07) is 10.3. The first-order chi connectivity index (χ1) is 8.19. The van der Waals surface area contributed by atoms with Crippen molar-refractivity contribution < 1.29 is 9.21 Å². The van der Waals surface area contributed by atoms with E-state index in [9.17, 15) is 4.79 Å². The Balaban J connectivity index is 2.11. The number of hydrogen-bond donors (Lipinski definition) is 1. The highest BCUT2D eigenvalue weighted by Gasteiger charge is 2.09. The van der Waals surface area contributed by atoms with E-state index in [2.05, 4.69) is 5.32 Å². The van der Waals surface area contributed by atoms with Gasteiger partial charge in [0.2, 0.25) is 0 Å². The van der Waals surface area contributed by atoms with Crippen LogP contribution in [0.15, 0.2) is 41.0 Å². The van der Waals surface area contributed by atoms with Crippen LogP contribution in [0.4, 0.5) is 5.69 Å². The van der Waals surface area contributed by atoms with Gasteiger partial charge in [-0.3, -0.25) is 4.79 Å². The molecule has 4 nitrogen and oxygen atoms in total. The molecule has 17 heavy (non-hydrogen) atoms. The Kier molecular flexibility index (Phi) is 2.93. The molecule has 4 heteroatoms. The van der Waals surface area contributed by atoms with Crippen LogP contribution in [-0.4, -0.2) is 5.91 Å². The molecule has 0 unspecified atom stereocenters. The fourth-order valence-electron chi connectivity index (χ4n) is 1.37. The summed E-state index contributed by atoms with van der Waals surface area (Å²) >= 11 is 0. The third-order valence-corrected chi connectivity index (χ3v) is 2.23. The molecule has 2 aromatic rings. The quantitative estimate of drug-likeness (QED) is 0.856. The van der Waals surface area contributed by atoms with E-state index in [0.717, 1.165) is 5.56 Å². The molecule has 0 atom stereocenters. The maximum Gasteiger partial charge on any atom is 0.291 e. The molecule has 0 saturated carbocycles. The summed E-state index contributed by atoms with van der Waals surface area (Å²) in [4.78, 5) is 11.7. The Labute approximate surface area is 98.5 Å². The Morgan fingerprint density at radius 1 is 1.35 bits per heavy atom. The Morgan fingerprint density at radius 3 is 2.59 bits per heavy atom. The molecule has 0 fully saturated rings. The SMILES string of the molecule is Cc1coc(C(=O)Nc2ccc(C#N)cc2)c1. The minimum Gasteiger partial charge on any atom is -0.459 e. The second kappa shape index (κ2) is 4.54. The van der Waals surface area contributed by atoms with Gasteiger partial charge in [-0.2, -0.15) is 5.26 Å². The molecule has 1 N–H and O–H groups in total. The lowest BCUT2D eigenvalue weighted by molar-refractivity contribution is 0.0996. The number of carbonyl (C=O) groups excluding carboxylic acids is 1. The average molecular weight is 226 g/mol. The van der Waals surface area contributed by atoms with Gasteiger partial charge in [0.05, 0.1) is 17.9 Å². The lowest BCUT2D eigenvalue weighted by atomic mass is 10.2. The van der Waals surface area contributed by atoms with Crippen molar-refractivity contribution in [2.75, 3.05) is 5.32 Å². The number of amides is 1. The van der Waals surface area contributed by atoms with Crippen LogP contribution < -0.4 is 5.32 Å². The summed E-state index contributed by atoms with van der Waals surface area (Å²) in [5.41, 5.74) is 2.08. The third-order valence-electron chi connectivity index (χ3n) is 2.23. The lowest BCUT2D eigenvalue weighted by Crippen LogP contribution is -2.10. The topological polar surface area (TPSA) is 66.0 Å². The zero-order valence-corrected chi connectivity index (χ0v) is 9.23. The van der Waals surface area contributed by atoms with E-state index < -0.39 is 0 Å². The van der Waals surface area contributed by atoms with Gasteiger partial charge in [-0.15, -0.1) is 0 Å². The van der Waals surface area contributed by atoms with Crippen molar-refractivity contribution >= 4 is 11.6 Å². The summed E-state index contributed by atoms with van der Waals surface area (Å²) in [7, 11) is 0. The van der Waals surface area contributed by atoms with Crippen LogP contribution in [0.5, 0.6) is 0 Å². The van der Waals surface area contributed by atoms with Gasteiger partial charge >= 0.3 is 0 Å². The number of nitriles is 1. The van der Waals surface area contributed by atoms with Crippen LogP contribution in [0.25, 0.3) is 0 Å². The molecular weight excluding hydrogens is 216 g/mol. The summed E-state index contributed by atoms with van der Waals surface area (Å²) in [6.07, 6.45) is 1.52. The third kappa shape index (κ3) is 2.52. The van der Waals surface area contributed by atoms with Gasteiger partial charge in [-0.1, -0.05) is 0 Å². The average Bonchev–Trinajstić information content (AvgIpc) is 2.77. The number of furan rings is 1. The number of benzene rings is 1. The van der Waals surface area contributed by atoms with Crippen molar-refractivity contribution in [2.45, 2.75) is 6.92 Å². The number of rotatable bonds is 2. The van der Waals surface area contributed by atoms with Gasteiger partial charge in [0.25, 0.3) is 5.91 Å². The van der Waals surface area contributed by atoms with Gasteiger partial charge in [0, 0.05) is 5.69 Å². The maximum absolute atomic E-state index is 11.7. The second-order valence-electron chi connectivity index (χ2n) is 3.63. The van der Waals surface area contributed by atoms with E-state index in [1.807, 2.05) is 13.0 Å². The van der Waals surface area contributed by atoms with E-state index in [4.69, 9.17) is 9.68 Å². The minimum absolute atomic E-state index is 0.270. The van der Waals surface area contributed by atoms with Crippen LogP contribution >= 0.6 is 0 Å². The van der Waals surface area contributed by atoms with Crippen molar-refractivity contribution in [1.29, 1.82) is 5.26 Å². The normalized spacial score (nSPS) is 9.65. The highest BCUT2D eigenvalue weighted by Crippen LogP contribution is 2.12. The predicted molar refractivity (Wildman–Crippen MR) is 62.6 cm³/mol. The van der Waals surface area contributed by atoms with Crippen LogP contribution in [-0.2, 0) is 0 Å². The van der Waals surface area contributed by atoms with Crippen molar-refractivity contribution in [3.63, 3.8) is 0 Å². The number of nitrogens with one attached hydrogen (secondary N) is 1. The van der Waals surface area contributed by atoms with Gasteiger partial charge < -0.3 is 9.73 Å². The molecule has 1 aromatic carbocycles. The molecule has 0 saturated heterocycles. The van der Waals surface area contributed by atoms with E-state index in [0.29, 0.717) is 11.3 Å². The molecule has 0 aliphatic carbocycles. The van der Waals surface area contributed by atoms with E-state index in [1.165, 1.54) is 6.26 Å². The van der Waals surface area contributed by atoms with Gasteiger partial charge in [-0.25, -0.2) is 0 Å². The molecule has 0 radical (unpaired) electrons. The van der Waals surface area contributed by atoms with Crippen LogP contribution in [0.1, 0.15) is 21.7 Å². The van der Waals surface area contributed by atoms with E-state index in [1.54, 1.807) is 30.3 Å². The van der Waals surface area contributed by atoms with E-state index >= 15 is 0 Å². The van der Waals surface area contributed by atoms with Gasteiger partial charge in [0.1, 0.15) is 0 Å². The molecule has 84 valence electrons. The minimum atomic E-state index is -0.303.